The van der Waals surface area contributed by atoms with Crippen LogP contribution >= 0.6 is 23.4 Å². The van der Waals surface area contributed by atoms with E-state index in [2.05, 4.69) is 15.5 Å². The summed E-state index contributed by atoms with van der Waals surface area (Å²) < 4.78 is 49.3. The molecule has 0 aliphatic rings. The van der Waals surface area contributed by atoms with Crippen molar-refractivity contribution in [1.82, 2.24) is 10.2 Å². The van der Waals surface area contributed by atoms with Crippen LogP contribution in [0.2, 0.25) is 5.02 Å². The Balaban J connectivity index is 1.61. The predicted molar refractivity (Wildman–Crippen MR) is 102 cm³/mol. The quantitative estimate of drug-likeness (QED) is 0.531. The number of benzene rings is 2. The summed E-state index contributed by atoms with van der Waals surface area (Å²) in [6.45, 7) is 0. The minimum atomic E-state index is -4.62. The zero-order valence-electron chi connectivity index (χ0n) is 14.8. The molecule has 0 unspecified atom stereocenters. The molecule has 0 atom stereocenters. The van der Waals surface area contributed by atoms with E-state index in [0.29, 0.717) is 11.3 Å². The fourth-order valence-electron chi connectivity index (χ4n) is 2.29. The van der Waals surface area contributed by atoms with Crippen LogP contribution in [-0.4, -0.2) is 29.0 Å². The van der Waals surface area contributed by atoms with Gasteiger partial charge in [0.1, 0.15) is 5.75 Å². The van der Waals surface area contributed by atoms with Gasteiger partial charge in [-0.25, -0.2) is 0 Å². The molecule has 0 saturated carbocycles. The second-order valence-electron chi connectivity index (χ2n) is 5.63. The van der Waals surface area contributed by atoms with E-state index in [1.807, 2.05) is 0 Å². The number of carbonyl (C=O) groups is 1. The van der Waals surface area contributed by atoms with Gasteiger partial charge in [-0.15, -0.1) is 10.2 Å². The minimum Gasteiger partial charge on any atom is -0.497 e. The van der Waals surface area contributed by atoms with Crippen LogP contribution in [0.4, 0.5) is 18.9 Å². The summed E-state index contributed by atoms with van der Waals surface area (Å²) in [6, 6.07) is 10.1. The summed E-state index contributed by atoms with van der Waals surface area (Å²) in [5.41, 5.74) is -0.395. The number of aromatic nitrogens is 2. The van der Waals surface area contributed by atoms with Gasteiger partial charge >= 0.3 is 6.18 Å². The van der Waals surface area contributed by atoms with Crippen molar-refractivity contribution in [3.63, 3.8) is 0 Å². The van der Waals surface area contributed by atoms with Crippen LogP contribution in [-0.2, 0) is 11.0 Å². The van der Waals surface area contributed by atoms with Crippen LogP contribution in [0.5, 0.6) is 5.75 Å². The highest BCUT2D eigenvalue weighted by Crippen LogP contribution is 2.36. The second-order valence-corrected chi connectivity index (χ2v) is 6.97. The first-order valence-electron chi connectivity index (χ1n) is 8.03. The molecule has 1 amide bonds. The highest BCUT2D eigenvalue weighted by atomic mass is 35.5. The molecule has 0 fully saturated rings. The van der Waals surface area contributed by atoms with E-state index in [9.17, 15) is 18.0 Å². The molecule has 11 heteroatoms. The van der Waals surface area contributed by atoms with Crippen LogP contribution < -0.4 is 10.1 Å². The third-order valence-corrected chi connectivity index (χ3v) is 4.75. The van der Waals surface area contributed by atoms with Gasteiger partial charge in [-0.05, 0) is 36.4 Å². The van der Waals surface area contributed by atoms with E-state index < -0.39 is 22.7 Å². The molecule has 0 spiro atoms. The Morgan fingerprint density at radius 3 is 2.76 bits per heavy atom. The van der Waals surface area contributed by atoms with Gasteiger partial charge in [-0.2, -0.15) is 13.2 Å². The van der Waals surface area contributed by atoms with Crippen molar-refractivity contribution in [2.75, 3.05) is 18.2 Å². The Kier molecular flexibility index (Phi) is 6.33. The van der Waals surface area contributed by atoms with Crippen molar-refractivity contribution in [3.05, 3.63) is 53.1 Å². The van der Waals surface area contributed by atoms with Gasteiger partial charge in [0.2, 0.25) is 11.8 Å². The van der Waals surface area contributed by atoms with E-state index in [4.69, 9.17) is 20.8 Å². The maximum Gasteiger partial charge on any atom is 0.417 e. The largest absolute Gasteiger partial charge is 0.497 e. The number of nitrogens with zero attached hydrogens (tertiary/aromatic N) is 2. The molecular weight excluding hydrogens is 431 g/mol. The van der Waals surface area contributed by atoms with E-state index in [-0.39, 0.29) is 22.6 Å². The second kappa shape index (κ2) is 8.75. The normalized spacial score (nSPS) is 11.3. The van der Waals surface area contributed by atoms with Crippen molar-refractivity contribution in [3.8, 4) is 17.2 Å². The van der Waals surface area contributed by atoms with Crippen LogP contribution in [0.15, 0.2) is 52.1 Å². The first-order valence-corrected chi connectivity index (χ1v) is 9.40. The monoisotopic (exact) mass is 443 g/mol. The minimum absolute atomic E-state index is 0.0186. The van der Waals surface area contributed by atoms with Gasteiger partial charge in [-0.1, -0.05) is 29.4 Å². The Labute approximate surface area is 172 Å². The number of halogens is 4. The molecule has 3 rings (SSSR count). The number of ether oxygens (including phenoxy) is 1. The Morgan fingerprint density at radius 2 is 2.03 bits per heavy atom. The van der Waals surface area contributed by atoms with E-state index in [1.165, 1.54) is 13.2 Å². The maximum absolute atomic E-state index is 12.9. The smallest absolute Gasteiger partial charge is 0.417 e. The van der Waals surface area contributed by atoms with Crippen molar-refractivity contribution in [1.29, 1.82) is 0 Å². The van der Waals surface area contributed by atoms with Crippen molar-refractivity contribution in [2.24, 2.45) is 0 Å². The summed E-state index contributed by atoms with van der Waals surface area (Å²) >= 11 is 6.51. The lowest BCUT2D eigenvalue weighted by molar-refractivity contribution is -0.137. The maximum atomic E-state index is 12.9. The zero-order chi connectivity index (χ0) is 21.0. The van der Waals surface area contributed by atoms with Gasteiger partial charge < -0.3 is 14.5 Å². The first-order chi connectivity index (χ1) is 13.8. The average Bonchev–Trinajstić information content (AvgIpc) is 3.16. The van der Waals surface area contributed by atoms with Gasteiger partial charge in [0.25, 0.3) is 5.22 Å². The van der Waals surface area contributed by atoms with Crippen LogP contribution in [0, 0.1) is 0 Å². The number of alkyl halides is 3. The number of methoxy groups -OCH3 is 1. The number of amides is 1. The molecule has 6 nitrogen and oxygen atoms in total. The molecule has 3 aromatic rings. The summed E-state index contributed by atoms with van der Waals surface area (Å²) in [5.74, 6) is 0.199. The lowest BCUT2D eigenvalue weighted by atomic mass is 10.2. The third-order valence-electron chi connectivity index (χ3n) is 3.61. The molecule has 1 heterocycles. The van der Waals surface area contributed by atoms with Crippen molar-refractivity contribution >= 4 is 35.0 Å². The van der Waals surface area contributed by atoms with Crippen LogP contribution in [0.1, 0.15) is 5.56 Å². The molecule has 0 aliphatic carbocycles. The average molecular weight is 444 g/mol. The molecular formula is C18H13ClF3N3O3S. The summed E-state index contributed by atoms with van der Waals surface area (Å²) in [4.78, 5) is 12.0. The molecule has 0 aliphatic heterocycles. The fourth-order valence-corrected chi connectivity index (χ4v) is 3.07. The lowest BCUT2D eigenvalue weighted by Gasteiger charge is -2.11. The number of nitrogens with one attached hydrogen (secondary N) is 1. The molecule has 0 saturated heterocycles. The summed E-state index contributed by atoms with van der Waals surface area (Å²) in [7, 11) is 1.53. The standard InChI is InChI=1S/C18H13ClF3N3O3S/c1-27-12-4-2-3-10(7-12)16-24-25-17(28-16)29-9-15(26)23-11-5-6-14(19)13(8-11)18(20,21)22/h2-8H,9H2,1H3,(H,23,26). The van der Waals surface area contributed by atoms with Gasteiger partial charge in [0.15, 0.2) is 0 Å². The van der Waals surface area contributed by atoms with E-state index in [1.54, 1.807) is 24.3 Å². The predicted octanol–water partition coefficient (Wildman–Crippen LogP) is 5.15. The van der Waals surface area contributed by atoms with Gasteiger partial charge in [0.05, 0.1) is 23.4 Å². The summed E-state index contributed by atoms with van der Waals surface area (Å²) in [5, 5.41) is 9.83. The number of thioether (sulfide) groups is 1. The third kappa shape index (κ3) is 5.42. The van der Waals surface area contributed by atoms with Crippen molar-refractivity contribution < 1.29 is 27.1 Å². The number of rotatable bonds is 6. The van der Waals surface area contributed by atoms with E-state index in [0.717, 1.165) is 23.9 Å². The topological polar surface area (TPSA) is 77.2 Å². The Hall–Kier alpha value is -2.72. The molecule has 29 heavy (non-hydrogen) atoms. The number of hydrogen-bond acceptors (Lipinski definition) is 6. The van der Waals surface area contributed by atoms with Crippen LogP contribution in [0.25, 0.3) is 11.5 Å². The van der Waals surface area contributed by atoms with E-state index >= 15 is 0 Å². The SMILES string of the molecule is COc1cccc(-c2nnc(SCC(=O)Nc3ccc(Cl)c(C(F)(F)F)c3)o2)c1. The van der Waals surface area contributed by atoms with Gasteiger partial charge in [-0.3, -0.25) is 4.79 Å². The highest BCUT2D eigenvalue weighted by molar-refractivity contribution is 7.99. The molecule has 0 bridgehead atoms. The van der Waals surface area contributed by atoms with Crippen molar-refractivity contribution in [2.45, 2.75) is 11.4 Å². The summed E-state index contributed by atoms with van der Waals surface area (Å²) in [6.07, 6.45) is -4.62. The molecule has 152 valence electrons. The molecule has 1 aromatic heterocycles. The first kappa shape index (κ1) is 21.0. The number of anilines is 1. The highest BCUT2D eigenvalue weighted by Gasteiger charge is 2.33. The fraction of sp³-hybridized carbons (Fsp3) is 0.167. The Bertz CT molecular complexity index is 1030. The molecule has 0 radical (unpaired) electrons. The van der Waals surface area contributed by atoms with Crippen LogP contribution in [0.3, 0.4) is 0 Å². The molecule has 1 N–H and O–H groups in total. The number of carbonyl (C=O) groups excluding carboxylic acids is 1. The molecule has 2 aromatic carbocycles. The van der Waals surface area contributed by atoms with Gasteiger partial charge in [0, 0.05) is 11.3 Å². The zero-order valence-corrected chi connectivity index (χ0v) is 16.4. The lowest BCUT2D eigenvalue weighted by Crippen LogP contribution is -2.15. The Morgan fingerprint density at radius 1 is 1.24 bits per heavy atom. The number of hydrogen-bond donors (Lipinski definition) is 1.